The van der Waals surface area contributed by atoms with E-state index in [0.717, 1.165) is 42.2 Å². The molecule has 2 amide bonds. The smallest absolute Gasteiger partial charge is 0.267 e. The van der Waals surface area contributed by atoms with Crippen LogP contribution in [0.5, 0.6) is 0 Å². The molecule has 0 bridgehead atoms. The number of likely N-dealkylation sites (tertiary alicyclic amines) is 1. The minimum atomic E-state index is -0.198. The Kier molecular flexibility index (Phi) is 5.41. The van der Waals surface area contributed by atoms with Crippen molar-refractivity contribution in [1.82, 2.24) is 9.88 Å². The number of carbonyl (C=O) groups is 2. The number of carbonyl (C=O) groups excluding carboxylic acids is 2. The zero-order chi connectivity index (χ0) is 18.8. The number of amides is 2. The zero-order valence-electron chi connectivity index (χ0n) is 15.8. The highest BCUT2D eigenvalue weighted by Gasteiger charge is 2.24. The number of benzene rings is 1. The summed E-state index contributed by atoms with van der Waals surface area (Å²) in [6, 6.07) is 5.57. The van der Waals surface area contributed by atoms with Gasteiger partial charge in [0.15, 0.2) is 0 Å². The molecule has 1 aromatic heterocycles. The van der Waals surface area contributed by atoms with Gasteiger partial charge in [0.05, 0.1) is 22.0 Å². The van der Waals surface area contributed by atoms with E-state index in [-0.39, 0.29) is 17.7 Å². The van der Waals surface area contributed by atoms with Gasteiger partial charge in [-0.05, 0) is 38.3 Å². The van der Waals surface area contributed by atoms with Crippen molar-refractivity contribution in [2.45, 2.75) is 46.5 Å². The van der Waals surface area contributed by atoms with Gasteiger partial charge >= 0.3 is 0 Å². The van der Waals surface area contributed by atoms with Crippen LogP contribution in [0.1, 0.15) is 68.9 Å². The lowest BCUT2D eigenvalue weighted by Crippen LogP contribution is -2.29. The number of rotatable bonds is 4. The highest BCUT2D eigenvalue weighted by atomic mass is 32.1. The Bertz CT molecular complexity index is 836. The summed E-state index contributed by atoms with van der Waals surface area (Å²) >= 11 is 1.42. The average molecular weight is 372 g/mol. The molecule has 0 atom stereocenters. The van der Waals surface area contributed by atoms with Crippen molar-refractivity contribution in [3.8, 4) is 0 Å². The molecule has 0 unspecified atom stereocenters. The first-order valence-electron chi connectivity index (χ1n) is 9.06. The summed E-state index contributed by atoms with van der Waals surface area (Å²) in [5, 5.41) is 3.93. The van der Waals surface area contributed by atoms with Crippen molar-refractivity contribution >= 4 is 28.8 Å². The van der Waals surface area contributed by atoms with Crippen LogP contribution >= 0.6 is 11.3 Å². The second kappa shape index (κ2) is 7.58. The highest BCUT2D eigenvalue weighted by Crippen LogP contribution is 2.28. The number of hydrogen-bond acceptors (Lipinski definition) is 4. The van der Waals surface area contributed by atoms with Crippen molar-refractivity contribution < 1.29 is 9.59 Å². The van der Waals surface area contributed by atoms with Gasteiger partial charge in [-0.25, -0.2) is 4.98 Å². The van der Waals surface area contributed by atoms with Crippen LogP contribution in [0.2, 0.25) is 0 Å². The maximum absolute atomic E-state index is 12.9. The molecule has 1 fully saturated rings. The lowest BCUT2D eigenvalue weighted by molar-refractivity contribution is 0.0794. The monoisotopic (exact) mass is 371 g/mol. The predicted octanol–water partition coefficient (Wildman–Crippen LogP) is 4.37. The summed E-state index contributed by atoms with van der Waals surface area (Å²) in [7, 11) is 0. The number of aromatic nitrogens is 1. The van der Waals surface area contributed by atoms with Gasteiger partial charge in [0.25, 0.3) is 11.8 Å². The maximum atomic E-state index is 12.9. The van der Waals surface area contributed by atoms with Gasteiger partial charge in [0, 0.05) is 19.0 Å². The summed E-state index contributed by atoms with van der Waals surface area (Å²) in [6.45, 7) is 9.46. The van der Waals surface area contributed by atoms with Crippen LogP contribution in [0.15, 0.2) is 18.2 Å². The molecule has 0 radical (unpaired) electrons. The third-order valence-corrected chi connectivity index (χ3v) is 6.11. The van der Waals surface area contributed by atoms with Crippen molar-refractivity contribution in [2.24, 2.45) is 0 Å². The van der Waals surface area contributed by atoms with Crippen LogP contribution in [-0.4, -0.2) is 34.8 Å². The highest BCUT2D eigenvalue weighted by molar-refractivity contribution is 7.14. The number of thiazole rings is 1. The fourth-order valence-corrected chi connectivity index (χ4v) is 4.11. The fourth-order valence-electron chi connectivity index (χ4n) is 3.15. The minimum Gasteiger partial charge on any atom is -0.339 e. The third kappa shape index (κ3) is 3.65. The molecule has 1 aliphatic rings. The van der Waals surface area contributed by atoms with Crippen LogP contribution in [0.3, 0.4) is 0 Å². The molecule has 6 heteroatoms. The van der Waals surface area contributed by atoms with Gasteiger partial charge in [-0.2, -0.15) is 0 Å². The largest absolute Gasteiger partial charge is 0.339 e. The SMILES string of the molecule is Cc1cccc(C(=O)N2CCCC2)c1NC(=O)c1sc(C(C)C)nc1C. The van der Waals surface area contributed by atoms with Crippen molar-refractivity contribution in [2.75, 3.05) is 18.4 Å². The topological polar surface area (TPSA) is 62.3 Å². The van der Waals surface area contributed by atoms with E-state index in [0.29, 0.717) is 16.1 Å². The molecule has 2 heterocycles. The molecule has 1 N–H and O–H groups in total. The molecule has 3 rings (SSSR count). The van der Waals surface area contributed by atoms with Gasteiger partial charge in [0.2, 0.25) is 0 Å². The lowest BCUT2D eigenvalue weighted by atomic mass is 10.1. The standard InChI is InChI=1S/C20H25N3O2S/c1-12(2)19-21-14(4)17(26-19)18(24)22-16-13(3)8-7-9-15(16)20(25)23-10-5-6-11-23/h7-9,12H,5-6,10-11H2,1-4H3,(H,22,24). The molecule has 0 aliphatic carbocycles. The van der Waals surface area contributed by atoms with E-state index in [1.807, 2.05) is 30.9 Å². The Morgan fingerprint density at radius 3 is 2.50 bits per heavy atom. The van der Waals surface area contributed by atoms with E-state index in [4.69, 9.17) is 0 Å². The maximum Gasteiger partial charge on any atom is 0.267 e. The average Bonchev–Trinajstić information content (AvgIpc) is 3.25. The van der Waals surface area contributed by atoms with Crippen molar-refractivity contribution in [1.29, 1.82) is 0 Å². The van der Waals surface area contributed by atoms with Gasteiger partial charge in [-0.1, -0.05) is 26.0 Å². The van der Waals surface area contributed by atoms with E-state index >= 15 is 0 Å². The summed E-state index contributed by atoms with van der Waals surface area (Å²) in [4.78, 5) is 32.7. The number of hydrogen-bond donors (Lipinski definition) is 1. The Labute approximate surface area is 158 Å². The molecular formula is C20H25N3O2S. The Balaban J connectivity index is 1.89. The first-order chi connectivity index (χ1) is 12.4. The van der Waals surface area contributed by atoms with E-state index in [1.54, 1.807) is 6.07 Å². The van der Waals surface area contributed by atoms with E-state index in [1.165, 1.54) is 11.3 Å². The van der Waals surface area contributed by atoms with Gasteiger partial charge in [0.1, 0.15) is 4.88 Å². The first-order valence-corrected chi connectivity index (χ1v) is 9.87. The van der Waals surface area contributed by atoms with E-state index < -0.39 is 0 Å². The van der Waals surface area contributed by atoms with E-state index in [2.05, 4.69) is 24.1 Å². The first kappa shape index (κ1) is 18.6. The Morgan fingerprint density at radius 1 is 1.19 bits per heavy atom. The quantitative estimate of drug-likeness (QED) is 0.868. The van der Waals surface area contributed by atoms with Crippen LogP contribution in [0.4, 0.5) is 5.69 Å². The second-order valence-electron chi connectivity index (χ2n) is 7.07. The van der Waals surface area contributed by atoms with Crippen LogP contribution in [0, 0.1) is 13.8 Å². The number of aryl methyl sites for hydroxylation is 2. The number of nitrogens with zero attached hydrogens (tertiary/aromatic N) is 2. The Hall–Kier alpha value is -2.21. The molecule has 5 nitrogen and oxygen atoms in total. The van der Waals surface area contributed by atoms with Crippen LogP contribution in [-0.2, 0) is 0 Å². The molecule has 1 aromatic carbocycles. The minimum absolute atomic E-state index is 0.00889. The van der Waals surface area contributed by atoms with Gasteiger partial charge in [-0.3, -0.25) is 9.59 Å². The molecule has 1 saturated heterocycles. The predicted molar refractivity (Wildman–Crippen MR) is 105 cm³/mol. The van der Waals surface area contributed by atoms with E-state index in [9.17, 15) is 9.59 Å². The molecular weight excluding hydrogens is 346 g/mol. The normalized spacial score (nSPS) is 14.1. The molecule has 138 valence electrons. The summed E-state index contributed by atoms with van der Waals surface area (Å²) in [5.41, 5.74) is 2.78. The molecule has 0 saturated carbocycles. The summed E-state index contributed by atoms with van der Waals surface area (Å²) < 4.78 is 0. The van der Waals surface area contributed by atoms with Crippen molar-refractivity contribution in [3.05, 3.63) is 44.9 Å². The summed E-state index contributed by atoms with van der Waals surface area (Å²) in [6.07, 6.45) is 2.08. The fraction of sp³-hybridized carbons (Fsp3) is 0.450. The second-order valence-corrected chi connectivity index (χ2v) is 8.10. The van der Waals surface area contributed by atoms with Crippen molar-refractivity contribution in [3.63, 3.8) is 0 Å². The molecule has 1 aliphatic heterocycles. The van der Waals surface area contributed by atoms with Gasteiger partial charge < -0.3 is 10.2 Å². The van der Waals surface area contributed by atoms with Crippen LogP contribution < -0.4 is 5.32 Å². The molecule has 0 spiro atoms. The lowest BCUT2D eigenvalue weighted by Gasteiger charge is -2.19. The third-order valence-electron chi connectivity index (χ3n) is 4.65. The molecule has 26 heavy (non-hydrogen) atoms. The zero-order valence-corrected chi connectivity index (χ0v) is 16.6. The Morgan fingerprint density at radius 2 is 1.88 bits per heavy atom. The number of anilines is 1. The summed E-state index contributed by atoms with van der Waals surface area (Å²) in [5.74, 6) is 0.0769. The number of nitrogens with one attached hydrogen (secondary N) is 1. The number of para-hydroxylation sites is 1. The molecule has 2 aromatic rings. The van der Waals surface area contributed by atoms with Gasteiger partial charge in [-0.15, -0.1) is 11.3 Å². The van der Waals surface area contributed by atoms with Crippen LogP contribution in [0.25, 0.3) is 0 Å².